The van der Waals surface area contributed by atoms with Gasteiger partial charge >= 0.3 is 0 Å². The van der Waals surface area contributed by atoms with Crippen LogP contribution in [-0.4, -0.2) is 25.8 Å². The number of aldehydes is 2. The lowest BCUT2D eigenvalue weighted by Gasteiger charge is -2.08. The summed E-state index contributed by atoms with van der Waals surface area (Å²) in [5.41, 5.74) is 1.65. The Labute approximate surface area is 142 Å². The van der Waals surface area contributed by atoms with Crippen LogP contribution in [0.1, 0.15) is 35.2 Å². The van der Waals surface area contributed by atoms with Gasteiger partial charge in [-0.2, -0.15) is 0 Å². The summed E-state index contributed by atoms with van der Waals surface area (Å²) in [6.45, 7) is 1.32. The fourth-order valence-electron chi connectivity index (χ4n) is 2.22. The number of rotatable bonds is 11. The SMILES string of the molecule is O=CCc1ccc(OCCCCCOc2ccc(C=O)cc2)cc1. The first-order valence-corrected chi connectivity index (χ1v) is 8.15. The van der Waals surface area contributed by atoms with Gasteiger partial charge in [-0.3, -0.25) is 4.79 Å². The molecule has 0 aromatic heterocycles. The minimum Gasteiger partial charge on any atom is -0.494 e. The molecule has 0 fully saturated rings. The molecule has 0 saturated carbocycles. The first-order valence-electron chi connectivity index (χ1n) is 8.15. The van der Waals surface area contributed by atoms with Gasteiger partial charge in [-0.15, -0.1) is 0 Å². The highest BCUT2D eigenvalue weighted by atomic mass is 16.5. The topological polar surface area (TPSA) is 52.6 Å². The zero-order chi connectivity index (χ0) is 17.0. The lowest BCUT2D eigenvalue weighted by atomic mass is 10.2. The van der Waals surface area contributed by atoms with Crippen molar-refractivity contribution in [1.29, 1.82) is 0 Å². The van der Waals surface area contributed by atoms with E-state index in [9.17, 15) is 9.59 Å². The van der Waals surface area contributed by atoms with Crippen molar-refractivity contribution >= 4 is 12.6 Å². The van der Waals surface area contributed by atoms with E-state index in [4.69, 9.17) is 9.47 Å². The van der Waals surface area contributed by atoms with Crippen LogP contribution in [0.15, 0.2) is 48.5 Å². The van der Waals surface area contributed by atoms with Gasteiger partial charge < -0.3 is 14.3 Å². The molecule has 2 aromatic carbocycles. The zero-order valence-corrected chi connectivity index (χ0v) is 13.6. The van der Waals surface area contributed by atoms with Crippen molar-refractivity contribution in [3.63, 3.8) is 0 Å². The Balaban J connectivity index is 1.54. The summed E-state index contributed by atoms with van der Waals surface area (Å²) < 4.78 is 11.3. The minimum absolute atomic E-state index is 0.443. The summed E-state index contributed by atoms with van der Waals surface area (Å²) in [7, 11) is 0. The highest BCUT2D eigenvalue weighted by molar-refractivity contribution is 5.74. The second kappa shape index (κ2) is 10.2. The summed E-state index contributed by atoms with van der Waals surface area (Å²) in [6, 6.07) is 14.7. The number of carbonyl (C=O) groups excluding carboxylic acids is 2. The molecule has 0 amide bonds. The molecule has 0 atom stereocenters. The molecule has 0 saturated heterocycles. The van der Waals surface area contributed by atoms with Gasteiger partial charge in [-0.1, -0.05) is 12.1 Å². The maximum Gasteiger partial charge on any atom is 0.150 e. The molecule has 0 aliphatic rings. The quantitative estimate of drug-likeness (QED) is 0.465. The lowest BCUT2D eigenvalue weighted by molar-refractivity contribution is -0.107. The van der Waals surface area contributed by atoms with Crippen molar-refractivity contribution in [3.8, 4) is 11.5 Å². The van der Waals surface area contributed by atoms with Crippen molar-refractivity contribution in [3.05, 3.63) is 59.7 Å². The molecule has 0 spiro atoms. The van der Waals surface area contributed by atoms with Gasteiger partial charge in [0.25, 0.3) is 0 Å². The Morgan fingerprint density at radius 1 is 0.708 bits per heavy atom. The largest absolute Gasteiger partial charge is 0.494 e. The molecule has 2 rings (SSSR count). The van der Waals surface area contributed by atoms with E-state index < -0.39 is 0 Å². The minimum atomic E-state index is 0.443. The Hall–Kier alpha value is -2.62. The van der Waals surface area contributed by atoms with Crippen molar-refractivity contribution in [1.82, 2.24) is 0 Å². The third-order valence-corrected chi connectivity index (χ3v) is 3.58. The highest BCUT2D eigenvalue weighted by Crippen LogP contribution is 2.14. The number of ether oxygens (including phenoxy) is 2. The average molecular weight is 326 g/mol. The Kier molecular flexibility index (Phi) is 7.54. The third kappa shape index (κ3) is 6.24. The fourth-order valence-corrected chi connectivity index (χ4v) is 2.22. The number of hydrogen-bond donors (Lipinski definition) is 0. The first kappa shape index (κ1) is 17.7. The van der Waals surface area contributed by atoms with E-state index in [1.54, 1.807) is 24.3 Å². The van der Waals surface area contributed by atoms with Crippen molar-refractivity contribution in [2.45, 2.75) is 25.7 Å². The van der Waals surface area contributed by atoms with Crippen molar-refractivity contribution < 1.29 is 19.1 Å². The molecule has 0 bridgehead atoms. The van der Waals surface area contributed by atoms with E-state index in [-0.39, 0.29) is 0 Å². The fraction of sp³-hybridized carbons (Fsp3) is 0.300. The number of hydrogen-bond acceptors (Lipinski definition) is 4. The summed E-state index contributed by atoms with van der Waals surface area (Å²) in [5.74, 6) is 1.61. The number of unbranched alkanes of at least 4 members (excludes halogenated alkanes) is 2. The maximum atomic E-state index is 10.6. The van der Waals surface area contributed by atoms with Gasteiger partial charge in [0.15, 0.2) is 0 Å². The molecule has 0 radical (unpaired) electrons. The van der Waals surface area contributed by atoms with Crippen LogP contribution in [0.4, 0.5) is 0 Å². The second-order valence-electron chi connectivity index (χ2n) is 5.46. The van der Waals surface area contributed by atoms with E-state index >= 15 is 0 Å². The predicted octanol–water partition coefficient (Wildman–Crippen LogP) is 3.87. The molecule has 0 heterocycles. The second-order valence-corrected chi connectivity index (χ2v) is 5.46. The van der Waals surface area contributed by atoms with Gasteiger partial charge in [0, 0.05) is 12.0 Å². The van der Waals surface area contributed by atoms with Crippen LogP contribution in [0.2, 0.25) is 0 Å². The number of carbonyl (C=O) groups is 2. The van der Waals surface area contributed by atoms with Crippen molar-refractivity contribution in [2.24, 2.45) is 0 Å². The monoisotopic (exact) mass is 326 g/mol. The van der Waals surface area contributed by atoms with Gasteiger partial charge in [0.1, 0.15) is 24.1 Å². The van der Waals surface area contributed by atoms with Crippen LogP contribution in [0.5, 0.6) is 11.5 Å². The van der Waals surface area contributed by atoms with E-state index in [0.717, 1.165) is 48.9 Å². The molecule has 0 aliphatic heterocycles. The van der Waals surface area contributed by atoms with Crippen LogP contribution in [0, 0.1) is 0 Å². The van der Waals surface area contributed by atoms with Gasteiger partial charge in [-0.25, -0.2) is 0 Å². The molecule has 4 nitrogen and oxygen atoms in total. The van der Waals surface area contributed by atoms with E-state index in [1.807, 2.05) is 24.3 Å². The Morgan fingerprint density at radius 3 is 1.75 bits per heavy atom. The smallest absolute Gasteiger partial charge is 0.150 e. The zero-order valence-electron chi connectivity index (χ0n) is 13.6. The Bertz CT molecular complexity index is 617. The predicted molar refractivity (Wildman–Crippen MR) is 92.9 cm³/mol. The molecule has 4 heteroatoms. The Morgan fingerprint density at radius 2 is 1.25 bits per heavy atom. The van der Waals surface area contributed by atoms with Gasteiger partial charge in [0.05, 0.1) is 13.2 Å². The van der Waals surface area contributed by atoms with Crippen LogP contribution in [0.25, 0.3) is 0 Å². The van der Waals surface area contributed by atoms with Crippen LogP contribution >= 0.6 is 0 Å². The summed E-state index contributed by atoms with van der Waals surface area (Å²) >= 11 is 0. The average Bonchev–Trinajstić information content (AvgIpc) is 2.63. The van der Waals surface area contributed by atoms with Crippen molar-refractivity contribution in [2.75, 3.05) is 13.2 Å². The molecule has 0 unspecified atom stereocenters. The lowest BCUT2D eigenvalue weighted by Crippen LogP contribution is -2.01. The van der Waals surface area contributed by atoms with E-state index in [2.05, 4.69) is 0 Å². The third-order valence-electron chi connectivity index (χ3n) is 3.58. The first-order chi connectivity index (χ1) is 11.8. The molecule has 0 aliphatic carbocycles. The van der Waals surface area contributed by atoms with E-state index in [0.29, 0.717) is 25.2 Å². The van der Waals surface area contributed by atoms with E-state index in [1.165, 1.54) is 0 Å². The maximum absolute atomic E-state index is 10.6. The van der Waals surface area contributed by atoms with Crippen LogP contribution < -0.4 is 9.47 Å². The number of benzene rings is 2. The summed E-state index contributed by atoms with van der Waals surface area (Å²) in [6.07, 6.45) is 5.10. The summed E-state index contributed by atoms with van der Waals surface area (Å²) in [4.78, 5) is 21.0. The summed E-state index contributed by atoms with van der Waals surface area (Å²) in [5, 5.41) is 0. The van der Waals surface area contributed by atoms with Crippen LogP contribution in [0.3, 0.4) is 0 Å². The molecule has 24 heavy (non-hydrogen) atoms. The molecular formula is C20H22O4. The normalized spacial score (nSPS) is 10.2. The standard InChI is InChI=1S/C20H22O4/c21-13-12-17-4-8-19(9-5-17)23-14-2-1-3-15-24-20-10-6-18(16-22)7-11-20/h4-11,13,16H,1-3,12,14-15H2. The van der Waals surface area contributed by atoms with Crippen LogP contribution in [-0.2, 0) is 11.2 Å². The van der Waals surface area contributed by atoms with Gasteiger partial charge in [0.2, 0.25) is 0 Å². The molecular weight excluding hydrogens is 304 g/mol. The molecule has 126 valence electrons. The molecule has 2 aromatic rings. The highest BCUT2D eigenvalue weighted by Gasteiger charge is 1.97. The van der Waals surface area contributed by atoms with Gasteiger partial charge in [-0.05, 0) is 61.2 Å². The molecule has 0 N–H and O–H groups in total.